The minimum absolute atomic E-state index is 0.338. The number of aromatic amines is 1. The quantitative estimate of drug-likeness (QED) is 0.699. The first kappa shape index (κ1) is 13.7. The molecule has 2 N–H and O–H groups in total. The molecule has 1 unspecified atom stereocenters. The molecule has 0 spiro atoms. The molecule has 8 heteroatoms. The van der Waals surface area contributed by atoms with Crippen LogP contribution in [0.1, 0.15) is 12.8 Å². The molecular weight excluding hydrogens is 298 g/mol. The number of H-pyrrole nitrogens is 1. The van der Waals surface area contributed by atoms with Gasteiger partial charge in [0.25, 0.3) is 0 Å². The number of pyridine rings is 1. The van der Waals surface area contributed by atoms with E-state index in [-0.39, 0.29) is 6.10 Å². The van der Waals surface area contributed by atoms with Crippen molar-refractivity contribution in [3.63, 3.8) is 0 Å². The van der Waals surface area contributed by atoms with E-state index >= 15 is 0 Å². The summed E-state index contributed by atoms with van der Waals surface area (Å²) in [5, 5.41) is 10.7. The Morgan fingerprint density at radius 2 is 2.30 bits per heavy atom. The van der Waals surface area contributed by atoms with Gasteiger partial charge in [-0.05, 0) is 18.9 Å². The molecule has 4 heterocycles. The Bertz CT molecular complexity index is 878. The number of fused-ring (bicyclic) bond motifs is 3. The third-order valence-electron chi connectivity index (χ3n) is 4.11. The van der Waals surface area contributed by atoms with Crippen LogP contribution in [0.25, 0.3) is 21.9 Å². The minimum atomic E-state index is -1.23. The molecule has 118 valence electrons. The van der Waals surface area contributed by atoms with E-state index in [0.29, 0.717) is 6.54 Å². The molecule has 1 saturated heterocycles. The highest BCUT2D eigenvalue weighted by Crippen LogP contribution is 2.31. The second-order valence-corrected chi connectivity index (χ2v) is 5.55. The molecule has 0 saturated carbocycles. The molecule has 1 fully saturated rings. The van der Waals surface area contributed by atoms with Crippen molar-refractivity contribution in [1.82, 2.24) is 19.9 Å². The van der Waals surface area contributed by atoms with Gasteiger partial charge in [0.1, 0.15) is 23.9 Å². The number of carbonyl (C=O) groups is 1. The third kappa shape index (κ3) is 2.41. The third-order valence-corrected chi connectivity index (χ3v) is 4.11. The zero-order valence-corrected chi connectivity index (χ0v) is 12.3. The predicted octanol–water partition coefficient (Wildman–Crippen LogP) is 2.17. The fraction of sp³-hybridized carbons (Fsp3) is 0.333. The molecule has 1 aliphatic heterocycles. The van der Waals surface area contributed by atoms with Crippen LogP contribution in [0.15, 0.2) is 24.8 Å². The highest BCUT2D eigenvalue weighted by Gasteiger charge is 2.25. The van der Waals surface area contributed by atoms with E-state index in [1.165, 1.54) is 6.33 Å². The van der Waals surface area contributed by atoms with E-state index in [1.807, 2.05) is 12.3 Å². The van der Waals surface area contributed by atoms with E-state index in [9.17, 15) is 4.79 Å². The SMILES string of the molecule is O=C(O)OC1CCCN(c2ncnc3cnc4[nH]ccc4c23)C1. The van der Waals surface area contributed by atoms with Crippen LogP contribution in [0.4, 0.5) is 10.6 Å². The fourth-order valence-electron chi connectivity index (χ4n) is 3.15. The van der Waals surface area contributed by atoms with Gasteiger partial charge in [0, 0.05) is 18.1 Å². The molecule has 0 aromatic carbocycles. The van der Waals surface area contributed by atoms with Gasteiger partial charge in [-0.3, -0.25) is 0 Å². The summed E-state index contributed by atoms with van der Waals surface area (Å²) in [6, 6.07) is 1.95. The minimum Gasteiger partial charge on any atom is -0.450 e. The van der Waals surface area contributed by atoms with Crippen LogP contribution < -0.4 is 4.90 Å². The van der Waals surface area contributed by atoms with Gasteiger partial charge in [-0.1, -0.05) is 0 Å². The molecule has 23 heavy (non-hydrogen) atoms. The van der Waals surface area contributed by atoms with Gasteiger partial charge in [0.15, 0.2) is 0 Å². The zero-order chi connectivity index (χ0) is 15.8. The number of rotatable bonds is 2. The van der Waals surface area contributed by atoms with Crippen molar-refractivity contribution in [2.24, 2.45) is 0 Å². The molecule has 0 aliphatic carbocycles. The Kier molecular flexibility index (Phi) is 3.22. The molecular formula is C15H15N5O3. The Labute approximate surface area is 131 Å². The summed E-state index contributed by atoms with van der Waals surface area (Å²) in [5.74, 6) is 0.792. The highest BCUT2D eigenvalue weighted by molar-refractivity contribution is 6.08. The maximum atomic E-state index is 10.8. The highest BCUT2D eigenvalue weighted by atomic mass is 16.7. The molecule has 1 atom stereocenters. The van der Waals surface area contributed by atoms with Gasteiger partial charge >= 0.3 is 6.16 Å². The number of piperidine rings is 1. The van der Waals surface area contributed by atoms with Gasteiger partial charge < -0.3 is 19.7 Å². The summed E-state index contributed by atoms with van der Waals surface area (Å²) in [7, 11) is 0. The maximum absolute atomic E-state index is 10.8. The number of ether oxygens (including phenoxy) is 1. The lowest BCUT2D eigenvalue weighted by Gasteiger charge is -2.33. The summed E-state index contributed by atoms with van der Waals surface area (Å²) in [4.78, 5) is 29.0. The monoisotopic (exact) mass is 313 g/mol. The van der Waals surface area contributed by atoms with Crippen molar-refractivity contribution in [2.45, 2.75) is 18.9 Å². The number of carboxylic acid groups (broad SMARTS) is 1. The molecule has 8 nitrogen and oxygen atoms in total. The van der Waals surface area contributed by atoms with Crippen LogP contribution in [0, 0.1) is 0 Å². The zero-order valence-electron chi connectivity index (χ0n) is 12.3. The van der Waals surface area contributed by atoms with Gasteiger partial charge in [-0.25, -0.2) is 19.7 Å². The molecule has 3 aromatic rings. The number of aromatic nitrogens is 4. The van der Waals surface area contributed by atoms with E-state index < -0.39 is 6.16 Å². The van der Waals surface area contributed by atoms with E-state index in [4.69, 9.17) is 9.84 Å². The Morgan fingerprint density at radius 1 is 1.39 bits per heavy atom. The second-order valence-electron chi connectivity index (χ2n) is 5.55. The largest absolute Gasteiger partial charge is 0.506 e. The van der Waals surface area contributed by atoms with E-state index in [0.717, 1.165) is 47.1 Å². The Balaban J connectivity index is 1.78. The van der Waals surface area contributed by atoms with E-state index in [2.05, 4.69) is 24.8 Å². The first-order valence-corrected chi connectivity index (χ1v) is 7.43. The Morgan fingerprint density at radius 3 is 3.17 bits per heavy atom. The molecule has 1 aliphatic rings. The first-order chi connectivity index (χ1) is 11.2. The number of hydrogen-bond acceptors (Lipinski definition) is 6. The summed E-state index contributed by atoms with van der Waals surface area (Å²) in [6.45, 7) is 1.30. The summed E-state index contributed by atoms with van der Waals surface area (Å²) >= 11 is 0. The van der Waals surface area contributed by atoms with E-state index in [1.54, 1.807) is 6.20 Å². The molecule has 4 rings (SSSR count). The van der Waals surface area contributed by atoms with Gasteiger partial charge in [0.05, 0.1) is 23.6 Å². The maximum Gasteiger partial charge on any atom is 0.506 e. The van der Waals surface area contributed by atoms with Gasteiger partial charge in [0.2, 0.25) is 0 Å². The van der Waals surface area contributed by atoms with Crippen molar-refractivity contribution in [3.8, 4) is 0 Å². The van der Waals surface area contributed by atoms with Crippen LogP contribution in [0.2, 0.25) is 0 Å². The van der Waals surface area contributed by atoms with Crippen molar-refractivity contribution in [3.05, 3.63) is 24.8 Å². The number of hydrogen-bond donors (Lipinski definition) is 2. The first-order valence-electron chi connectivity index (χ1n) is 7.43. The lowest BCUT2D eigenvalue weighted by molar-refractivity contribution is 0.0457. The van der Waals surface area contributed by atoms with Gasteiger partial charge in [-0.15, -0.1) is 0 Å². The van der Waals surface area contributed by atoms with Crippen molar-refractivity contribution >= 4 is 33.9 Å². The molecule has 3 aromatic heterocycles. The lowest BCUT2D eigenvalue weighted by atomic mass is 10.1. The van der Waals surface area contributed by atoms with Gasteiger partial charge in [-0.2, -0.15) is 0 Å². The average Bonchev–Trinajstić information content (AvgIpc) is 3.02. The van der Waals surface area contributed by atoms with Crippen molar-refractivity contribution < 1.29 is 14.6 Å². The van der Waals surface area contributed by atoms with Crippen LogP contribution in [-0.4, -0.2) is 50.4 Å². The van der Waals surface area contributed by atoms with Crippen LogP contribution in [0.3, 0.4) is 0 Å². The lowest BCUT2D eigenvalue weighted by Crippen LogP contribution is -2.41. The topological polar surface area (TPSA) is 104 Å². The normalized spacial score (nSPS) is 18.4. The summed E-state index contributed by atoms with van der Waals surface area (Å²) in [6.07, 6.45) is 5.07. The molecule has 0 amide bonds. The molecule has 0 radical (unpaired) electrons. The number of nitrogens with one attached hydrogen (secondary N) is 1. The van der Waals surface area contributed by atoms with Crippen LogP contribution in [0.5, 0.6) is 0 Å². The molecule has 0 bridgehead atoms. The van der Waals surface area contributed by atoms with Crippen LogP contribution in [-0.2, 0) is 4.74 Å². The fourth-order valence-corrected chi connectivity index (χ4v) is 3.15. The summed E-state index contributed by atoms with van der Waals surface area (Å²) < 4.78 is 4.94. The second kappa shape index (κ2) is 5.38. The number of nitrogens with zero attached hydrogens (tertiary/aromatic N) is 4. The van der Waals surface area contributed by atoms with Crippen molar-refractivity contribution in [1.29, 1.82) is 0 Å². The standard InChI is InChI=1S/C15H15N5O3/c21-15(22)23-9-2-1-5-20(7-9)14-12-10-3-4-16-13(10)17-6-11(12)18-8-19-14/h3-4,6,8-9H,1-2,5,7H2,(H,16,17)(H,21,22). The van der Waals surface area contributed by atoms with Crippen molar-refractivity contribution in [2.75, 3.05) is 18.0 Å². The predicted molar refractivity (Wildman–Crippen MR) is 83.5 cm³/mol. The smallest absolute Gasteiger partial charge is 0.450 e. The Hall–Kier alpha value is -2.90. The summed E-state index contributed by atoms with van der Waals surface area (Å²) in [5.41, 5.74) is 1.55. The average molecular weight is 313 g/mol. The number of anilines is 1. The van der Waals surface area contributed by atoms with Crippen LogP contribution >= 0.6 is 0 Å².